The summed E-state index contributed by atoms with van der Waals surface area (Å²) in [5, 5.41) is 28.9. The lowest BCUT2D eigenvalue weighted by atomic mass is 9.98. The molecule has 0 aromatic heterocycles. The van der Waals surface area contributed by atoms with Crippen LogP contribution in [0.2, 0.25) is 0 Å². The van der Waals surface area contributed by atoms with Crippen LogP contribution in [0.1, 0.15) is 37.5 Å². The summed E-state index contributed by atoms with van der Waals surface area (Å²) in [6, 6.07) is 8.92. The summed E-state index contributed by atoms with van der Waals surface area (Å²) >= 11 is 0. The van der Waals surface area contributed by atoms with Gasteiger partial charge >= 0.3 is 5.97 Å². The molecule has 3 N–H and O–H groups in total. The van der Waals surface area contributed by atoms with Gasteiger partial charge in [0, 0.05) is 5.56 Å². The van der Waals surface area contributed by atoms with E-state index in [-0.39, 0.29) is 0 Å². The smallest absolute Gasteiger partial charge is 0.339 e. The van der Waals surface area contributed by atoms with Crippen LogP contribution in [0.3, 0.4) is 0 Å². The van der Waals surface area contributed by atoms with E-state index >= 15 is 0 Å². The highest BCUT2D eigenvalue weighted by Crippen LogP contribution is 2.41. The van der Waals surface area contributed by atoms with Gasteiger partial charge in [-0.1, -0.05) is 30.3 Å². The van der Waals surface area contributed by atoms with Crippen LogP contribution >= 0.6 is 0 Å². The Bertz CT molecular complexity index is 809. The number of aromatic hydroxyl groups is 2. The van der Waals surface area contributed by atoms with E-state index < -0.39 is 52.3 Å². The third-order valence-electron chi connectivity index (χ3n) is 3.38. The molecule has 0 aliphatic carbocycles. The van der Waals surface area contributed by atoms with Crippen LogP contribution in [0, 0.1) is 0 Å². The predicted molar refractivity (Wildman–Crippen MR) is 83.0 cm³/mol. The molecule has 0 radical (unpaired) electrons. The first-order chi connectivity index (χ1) is 11.4. The molecule has 0 aliphatic rings. The number of carboxylic acids is 1. The maximum absolute atomic E-state index is 12.3. The Morgan fingerprint density at radius 3 is 2.12 bits per heavy atom. The summed E-state index contributed by atoms with van der Waals surface area (Å²) in [7, 11) is 1.11. The van der Waals surface area contributed by atoms with Gasteiger partial charge in [-0.3, -0.25) is 9.59 Å². The third-order valence-corrected chi connectivity index (χ3v) is 3.38. The number of methoxy groups -OCH3 is 1. The lowest BCUT2D eigenvalue weighted by molar-refractivity contribution is 0.0692. The largest absolute Gasteiger partial charge is 0.504 e. The van der Waals surface area contributed by atoms with Crippen LogP contribution in [0.15, 0.2) is 36.4 Å². The molecular formula is C17H14O7. The fourth-order valence-corrected chi connectivity index (χ4v) is 2.19. The summed E-state index contributed by atoms with van der Waals surface area (Å²) in [5.41, 5.74) is -0.653. The molecule has 0 amide bonds. The van der Waals surface area contributed by atoms with E-state index in [1.54, 1.807) is 18.2 Å². The summed E-state index contributed by atoms with van der Waals surface area (Å²) in [6.07, 6.45) is -0.581. The molecule has 0 aliphatic heterocycles. The Kier molecular flexibility index (Phi) is 4.84. The van der Waals surface area contributed by atoms with Crippen molar-refractivity contribution in [3.8, 4) is 17.2 Å². The van der Waals surface area contributed by atoms with Crippen molar-refractivity contribution in [2.75, 3.05) is 7.11 Å². The maximum atomic E-state index is 12.3. The number of hydrogen-bond donors (Lipinski definition) is 3. The molecule has 0 spiro atoms. The minimum Gasteiger partial charge on any atom is -0.504 e. The van der Waals surface area contributed by atoms with Gasteiger partial charge in [0.15, 0.2) is 23.1 Å². The van der Waals surface area contributed by atoms with Crippen LogP contribution in [0.4, 0.5) is 0 Å². The number of carbonyl (C=O) groups excluding carboxylic acids is 2. The first kappa shape index (κ1) is 17.0. The molecule has 0 saturated carbocycles. The van der Waals surface area contributed by atoms with Gasteiger partial charge in [-0.15, -0.1) is 0 Å². The van der Waals surface area contributed by atoms with Crippen LogP contribution in [-0.2, 0) is 0 Å². The van der Waals surface area contributed by atoms with Gasteiger partial charge in [-0.2, -0.15) is 0 Å². The molecule has 2 aromatic rings. The number of aromatic carboxylic acids is 1. The van der Waals surface area contributed by atoms with Gasteiger partial charge in [0.2, 0.25) is 5.75 Å². The van der Waals surface area contributed by atoms with Gasteiger partial charge < -0.3 is 20.1 Å². The highest BCUT2D eigenvalue weighted by atomic mass is 16.5. The van der Waals surface area contributed by atoms with Crippen molar-refractivity contribution in [1.29, 1.82) is 0 Å². The molecule has 0 heterocycles. The van der Waals surface area contributed by atoms with Crippen molar-refractivity contribution in [3.05, 3.63) is 53.1 Å². The Morgan fingerprint density at radius 2 is 1.58 bits per heavy atom. The van der Waals surface area contributed by atoms with E-state index in [9.17, 15) is 24.6 Å². The van der Waals surface area contributed by atoms with Gasteiger partial charge in [0.05, 0.1) is 19.1 Å². The number of benzene rings is 2. The summed E-state index contributed by atoms with van der Waals surface area (Å²) in [4.78, 5) is 35.5. The van der Waals surface area contributed by atoms with Gasteiger partial charge in [0.1, 0.15) is 5.56 Å². The minimum absolute atomic E-state index is 0.307. The zero-order chi connectivity index (χ0) is 17.9. The molecule has 0 fully saturated rings. The number of carbonyl (C=O) groups is 3. The number of phenolic OH excluding ortho intramolecular Hbond substituents is 2. The number of hydrogen-bond acceptors (Lipinski definition) is 6. The normalized spacial score (nSPS) is 10.2. The summed E-state index contributed by atoms with van der Waals surface area (Å²) in [6.45, 7) is 0. The van der Waals surface area contributed by atoms with E-state index in [2.05, 4.69) is 0 Å². The monoisotopic (exact) mass is 330 g/mol. The highest BCUT2D eigenvalue weighted by molar-refractivity contribution is 6.15. The van der Waals surface area contributed by atoms with E-state index in [1.165, 1.54) is 12.1 Å². The van der Waals surface area contributed by atoms with E-state index in [0.717, 1.165) is 13.2 Å². The summed E-state index contributed by atoms with van der Waals surface area (Å²) in [5.74, 6) is -4.93. The Hall–Kier alpha value is -3.35. The molecule has 124 valence electrons. The second kappa shape index (κ2) is 6.82. The first-order valence-electron chi connectivity index (χ1n) is 6.84. The van der Waals surface area contributed by atoms with E-state index in [4.69, 9.17) is 9.84 Å². The lowest BCUT2D eigenvalue weighted by Gasteiger charge is -2.12. The summed E-state index contributed by atoms with van der Waals surface area (Å²) < 4.78 is 4.73. The SMILES string of the molecule is COc1c(C(=O)O)cc(C(=O)CC(=O)c2ccccc2)c(O)c1O. The second-order valence-corrected chi connectivity index (χ2v) is 4.90. The molecule has 0 bridgehead atoms. The minimum atomic E-state index is -1.45. The van der Waals surface area contributed by atoms with Crippen LogP contribution in [0.5, 0.6) is 17.2 Å². The Balaban J connectivity index is 2.39. The number of carboxylic acid groups (broad SMARTS) is 1. The second-order valence-electron chi connectivity index (χ2n) is 4.90. The standard InChI is InChI=1S/C17H14O7/c1-24-16-11(17(22)23)7-10(14(20)15(16)21)13(19)8-12(18)9-5-3-2-4-6-9/h2-7,20-21H,8H2,1H3,(H,22,23). The fraction of sp³-hybridized carbons (Fsp3) is 0.118. The Labute approximate surface area is 136 Å². The Morgan fingerprint density at radius 1 is 0.958 bits per heavy atom. The molecule has 0 saturated heterocycles. The third kappa shape index (κ3) is 3.19. The predicted octanol–water partition coefficient (Wildman–Crippen LogP) is 2.26. The fourth-order valence-electron chi connectivity index (χ4n) is 2.19. The lowest BCUT2D eigenvalue weighted by Crippen LogP contribution is -2.11. The van der Waals surface area contributed by atoms with Gasteiger partial charge in [0.25, 0.3) is 0 Å². The van der Waals surface area contributed by atoms with Crippen molar-refractivity contribution >= 4 is 17.5 Å². The maximum Gasteiger partial charge on any atom is 0.339 e. The zero-order valence-electron chi connectivity index (χ0n) is 12.6. The molecule has 24 heavy (non-hydrogen) atoms. The number of ether oxygens (including phenoxy) is 1. The average Bonchev–Trinajstić information content (AvgIpc) is 2.57. The number of phenols is 2. The van der Waals surface area contributed by atoms with Crippen molar-refractivity contribution in [2.24, 2.45) is 0 Å². The van der Waals surface area contributed by atoms with Gasteiger partial charge in [-0.25, -0.2) is 4.79 Å². The van der Waals surface area contributed by atoms with Gasteiger partial charge in [-0.05, 0) is 6.07 Å². The molecular weight excluding hydrogens is 316 g/mol. The molecule has 2 aromatic carbocycles. The van der Waals surface area contributed by atoms with Crippen molar-refractivity contribution in [2.45, 2.75) is 6.42 Å². The highest BCUT2D eigenvalue weighted by Gasteiger charge is 2.26. The van der Waals surface area contributed by atoms with E-state index in [0.29, 0.717) is 5.56 Å². The molecule has 2 rings (SSSR count). The van der Waals surface area contributed by atoms with Crippen molar-refractivity contribution in [1.82, 2.24) is 0 Å². The van der Waals surface area contributed by atoms with Crippen molar-refractivity contribution < 1.29 is 34.4 Å². The molecule has 0 atom stereocenters. The van der Waals surface area contributed by atoms with Crippen LogP contribution < -0.4 is 4.74 Å². The molecule has 7 nitrogen and oxygen atoms in total. The average molecular weight is 330 g/mol. The number of rotatable bonds is 6. The van der Waals surface area contributed by atoms with E-state index in [1.807, 2.05) is 0 Å². The molecule has 0 unspecified atom stereocenters. The number of Topliss-reactive ketones (excluding diaryl/α,β-unsaturated/α-hetero) is 2. The van der Waals surface area contributed by atoms with Crippen LogP contribution in [-0.4, -0.2) is 40.0 Å². The number of ketones is 2. The van der Waals surface area contributed by atoms with Crippen molar-refractivity contribution in [3.63, 3.8) is 0 Å². The topological polar surface area (TPSA) is 121 Å². The first-order valence-corrected chi connectivity index (χ1v) is 6.84. The zero-order valence-corrected chi connectivity index (χ0v) is 12.6. The van der Waals surface area contributed by atoms with Crippen LogP contribution in [0.25, 0.3) is 0 Å². The molecule has 7 heteroatoms. The quantitative estimate of drug-likeness (QED) is 0.422.